The normalized spacial score (nSPS) is 17.4. The number of piperidine rings is 1. The van der Waals surface area contributed by atoms with Gasteiger partial charge in [0, 0.05) is 49.4 Å². The standard InChI is InChI=1S/C31H31ClN6O5/c1-35(2)21-15-36(16-21)27-10-9-19(14-34-27)37-17-23(31(41)42)30(40)22-12-24(32)26(13-25(22)37)38-20(6-5-8-29(38)39)18-43-28-7-3-4-11-33-28/h3-4,7,9-14,17,20-21H,5-6,8,15-16,18H2,1-2H3,(H,41,42). The molecule has 0 bridgehead atoms. The number of ether oxygens (including phenoxy) is 1. The van der Waals surface area contributed by atoms with Crippen LogP contribution in [0.1, 0.15) is 29.6 Å². The van der Waals surface area contributed by atoms with Crippen LogP contribution in [-0.4, -0.2) is 82.3 Å². The molecule has 1 amide bonds. The number of anilines is 2. The number of halogens is 1. The highest BCUT2D eigenvalue weighted by atomic mass is 35.5. The molecule has 0 aliphatic carbocycles. The first-order valence-electron chi connectivity index (χ1n) is 14.1. The molecule has 2 aliphatic rings. The largest absolute Gasteiger partial charge is 0.477 e. The van der Waals surface area contributed by atoms with Crippen molar-refractivity contribution in [3.05, 3.63) is 81.9 Å². The van der Waals surface area contributed by atoms with Crippen molar-refractivity contribution < 1.29 is 19.4 Å². The van der Waals surface area contributed by atoms with Gasteiger partial charge in [-0.3, -0.25) is 9.59 Å². The molecule has 1 atom stereocenters. The first-order chi connectivity index (χ1) is 20.7. The van der Waals surface area contributed by atoms with Crippen LogP contribution in [0.4, 0.5) is 11.5 Å². The van der Waals surface area contributed by atoms with E-state index >= 15 is 0 Å². The molecule has 2 fully saturated rings. The Labute approximate surface area is 252 Å². The van der Waals surface area contributed by atoms with Crippen LogP contribution in [0.3, 0.4) is 0 Å². The predicted octanol–water partition coefficient (Wildman–Crippen LogP) is 3.85. The van der Waals surface area contributed by atoms with Crippen molar-refractivity contribution in [2.45, 2.75) is 31.3 Å². The third-order valence-electron chi connectivity index (χ3n) is 8.11. The summed E-state index contributed by atoms with van der Waals surface area (Å²) in [7, 11) is 4.10. The molecule has 0 radical (unpaired) electrons. The van der Waals surface area contributed by atoms with Crippen LogP contribution in [0.5, 0.6) is 5.88 Å². The zero-order valence-corrected chi connectivity index (χ0v) is 24.6. The molecule has 1 N–H and O–H groups in total. The van der Waals surface area contributed by atoms with E-state index in [1.165, 1.54) is 12.3 Å². The van der Waals surface area contributed by atoms with Crippen LogP contribution in [0.2, 0.25) is 5.02 Å². The lowest BCUT2D eigenvalue weighted by molar-refractivity contribution is -0.120. The molecular weight excluding hydrogens is 572 g/mol. The maximum absolute atomic E-state index is 13.3. The van der Waals surface area contributed by atoms with Gasteiger partial charge in [-0.15, -0.1) is 0 Å². The van der Waals surface area contributed by atoms with Crippen molar-refractivity contribution >= 4 is 45.9 Å². The van der Waals surface area contributed by atoms with E-state index in [-0.39, 0.29) is 29.0 Å². The van der Waals surface area contributed by atoms with Gasteiger partial charge in [-0.1, -0.05) is 17.7 Å². The highest BCUT2D eigenvalue weighted by molar-refractivity contribution is 6.34. The Bertz CT molecular complexity index is 1740. The number of likely N-dealkylation sites (N-methyl/N-ethyl adjacent to an activating group) is 1. The molecule has 12 heteroatoms. The summed E-state index contributed by atoms with van der Waals surface area (Å²) >= 11 is 6.73. The first kappa shape index (κ1) is 28.6. The second-order valence-electron chi connectivity index (χ2n) is 11.1. The van der Waals surface area contributed by atoms with E-state index in [1.54, 1.807) is 40.1 Å². The molecule has 6 rings (SSSR count). The maximum atomic E-state index is 13.3. The fourth-order valence-corrected chi connectivity index (χ4v) is 5.86. The van der Waals surface area contributed by atoms with Crippen molar-refractivity contribution in [2.24, 2.45) is 0 Å². The second kappa shape index (κ2) is 11.7. The van der Waals surface area contributed by atoms with Crippen molar-refractivity contribution in [1.29, 1.82) is 0 Å². The van der Waals surface area contributed by atoms with Crippen molar-refractivity contribution in [3.8, 4) is 11.6 Å². The predicted molar refractivity (Wildman–Crippen MR) is 164 cm³/mol. The summed E-state index contributed by atoms with van der Waals surface area (Å²) in [5.74, 6) is -0.205. The molecule has 5 heterocycles. The van der Waals surface area contributed by atoms with Gasteiger partial charge < -0.3 is 29.1 Å². The van der Waals surface area contributed by atoms with Gasteiger partial charge in [0.25, 0.3) is 0 Å². The number of hydrogen-bond acceptors (Lipinski definition) is 8. The average Bonchev–Trinajstić information content (AvgIpc) is 2.96. The Kier molecular flexibility index (Phi) is 7.76. The molecule has 1 unspecified atom stereocenters. The number of aromatic carboxylic acids is 1. The second-order valence-corrected chi connectivity index (χ2v) is 11.5. The van der Waals surface area contributed by atoms with E-state index in [0.717, 1.165) is 18.9 Å². The Morgan fingerprint density at radius 2 is 1.95 bits per heavy atom. The van der Waals surface area contributed by atoms with Gasteiger partial charge >= 0.3 is 5.97 Å². The van der Waals surface area contributed by atoms with E-state index in [9.17, 15) is 19.5 Å². The van der Waals surface area contributed by atoms with Gasteiger partial charge in [-0.2, -0.15) is 0 Å². The molecule has 3 aromatic heterocycles. The van der Waals surface area contributed by atoms with E-state index in [4.69, 9.17) is 16.3 Å². The van der Waals surface area contributed by atoms with Crippen molar-refractivity contribution in [2.75, 3.05) is 43.6 Å². The molecule has 2 saturated heterocycles. The van der Waals surface area contributed by atoms with Crippen molar-refractivity contribution in [3.63, 3.8) is 0 Å². The number of aromatic nitrogens is 3. The third-order valence-corrected chi connectivity index (χ3v) is 8.41. The fraction of sp³-hybridized carbons (Fsp3) is 0.323. The SMILES string of the molecule is CN(C)C1CN(c2ccc(-n3cc(C(=O)O)c(=O)c4cc(Cl)c(N5C(=O)CCCC5COc5ccccn5)cc43)cn2)C1. The van der Waals surface area contributed by atoms with Gasteiger partial charge in [0.2, 0.25) is 17.2 Å². The number of carbonyl (C=O) groups excluding carboxylic acids is 1. The fourth-order valence-electron chi connectivity index (χ4n) is 5.61. The zero-order valence-electron chi connectivity index (χ0n) is 23.8. The highest BCUT2D eigenvalue weighted by Gasteiger charge is 2.33. The minimum atomic E-state index is -1.35. The van der Waals surface area contributed by atoms with Gasteiger partial charge in [0.15, 0.2) is 0 Å². The molecule has 222 valence electrons. The van der Waals surface area contributed by atoms with Crippen LogP contribution >= 0.6 is 11.6 Å². The number of nitrogens with zero attached hydrogens (tertiary/aromatic N) is 6. The minimum absolute atomic E-state index is 0.116. The number of rotatable bonds is 8. The number of benzene rings is 1. The third kappa shape index (κ3) is 5.53. The molecule has 4 aromatic rings. The van der Waals surface area contributed by atoms with E-state index in [0.29, 0.717) is 48.1 Å². The number of fused-ring (bicyclic) bond motifs is 1. The van der Waals surface area contributed by atoms with Gasteiger partial charge in [-0.05, 0) is 57.3 Å². The van der Waals surface area contributed by atoms with Crippen LogP contribution in [0.15, 0.2) is 65.8 Å². The summed E-state index contributed by atoms with van der Waals surface area (Å²) in [6.07, 6.45) is 6.32. The minimum Gasteiger partial charge on any atom is -0.477 e. The van der Waals surface area contributed by atoms with Crippen LogP contribution in [-0.2, 0) is 4.79 Å². The molecule has 0 spiro atoms. The van der Waals surface area contributed by atoms with Gasteiger partial charge in [0.05, 0.1) is 34.2 Å². The summed E-state index contributed by atoms with van der Waals surface area (Å²) in [5, 5.41) is 10.1. The summed E-state index contributed by atoms with van der Waals surface area (Å²) in [6, 6.07) is 12.3. The smallest absolute Gasteiger partial charge is 0.341 e. The van der Waals surface area contributed by atoms with E-state index < -0.39 is 17.0 Å². The Morgan fingerprint density at radius 3 is 2.63 bits per heavy atom. The monoisotopic (exact) mass is 602 g/mol. The maximum Gasteiger partial charge on any atom is 0.341 e. The number of pyridine rings is 3. The number of amides is 1. The lowest BCUT2D eigenvalue weighted by Crippen LogP contribution is -2.57. The van der Waals surface area contributed by atoms with Gasteiger partial charge in [0.1, 0.15) is 18.0 Å². The van der Waals surface area contributed by atoms with Gasteiger partial charge in [-0.25, -0.2) is 14.8 Å². The summed E-state index contributed by atoms with van der Waals surface area (Å²) in [6.45, 7) is 1.93. The molecule has 1 aromatic carbocycles. The van der Waals surface area contributed by atoms with E-state index in [2.05, 4.69) is 19.8 Å². The van der Waals surface area contributed by atoms with E-state index in [1.807, 2.05) is 32.3 Å². The number of carbonyl (C=O) groups is 2. The number of hydrogen-bond donors (Lipinski definition) is 1. The Morgan fingerprint density at radius 1 is 1.14 bits per heavy atom. The molecule has 43 heavy (non-hydrogen) atoms. The average molecular weight is 603 g/mol. The molecule has 11 nitrogen and oxygen atoms in total. The highest BCUT2D eigenvalue weighted by Crippen LogP contribution is 2.36. The topological polar surface area (TPSA) is 121 Å². The van der Waals surface area contributed by atoms with Crippen LogP contribution in [0, 0.1) is 0 Å². The Hall–Kier alpha value is -4.48. The van der Waals surface area contributed by atoms with Crippen molar-refractivity contribution in [1.82, 2.24) is 19.4 Å². The zero-order chi connectivity index (χ0) is 30.2. The van der Waals surface area contributed by atoms with Crippen LogP contribution < -0.4 is 20.0 Å². The number of carboxylic acids is 1. The molecular formula is C31H31ClN6O5. The number of carboxylic acid groups (broad SMARTS) is 1. The Balaban J connectivity index is 1.41. The lowest BCUT2D eigenvalue weighted by atomic mass is 10.00. The lowest BCUT2D eigenvalue weighted by Gasteiger charge is -2.43. The molecule has 0 saturated carbocycles. The molecule has 2 aliphatic heterocycles. The quantitative estimate of drug-likeness (QED) is 0.320. The first-order valence-corrected chi connectivity index (χ1v) is 14.4. The van der Waals surface area contributed by atoms with Crippen LogP contribution in [0.25, 0.3) is 16.6 Å². The summed E-state index contributed by atoms with van der Waals surface area (Å²) < 4.78 is 7.52. The summed E-state index contributed by atoms with van der Waals surface area (Å²) in [4.78, 5) is 53.4. The summed E-state index contributed by atoms with van der Waals surface area (Å²) in [5.41, 5.74) is 0.335.